The van der Waals surface area contributed by atoms with E-state index in [0.29, 0.717) is 22.8 Å². The van der Waals surface area contributed by atoms with Gasteiger partial charge in [0.15, 0.2) is 0 Å². The Morgan fingerprint density at radius 2 is 2.26 bits per heavy atom. The number of aromatic carboxylic acids is 1. The Hall–Kier alpha value is -1.58. The third-order valence-corrected chi connectivity index (χ3v) is 3.92. The van der Waals surface area contributed by atoms with Gasteiger partial charge in [-0.2, -0.15) is 0 Å². The highest BCUT2D eigenvalue weighted by atomic mass is 16.4. The summed E-state index contributed by atoms with van der Waals surface area (Å²) in [7, 11) is 0. The van der Waals surface area contributed by atoms with Crippen molar-refractivity contribution < 1.29 is 9.90 Å². The fourth-order valence-corrected chi connectivity index (χ4v) is 2.95. The van der Waals surface area contributed by atoms with Crippen LogP contribution in [0.2, 0.25) is 0 Å². The molecular weight excluding hydrogens is 240 g/mol. The predicted octanol–water partition coefficient (Wildman–Crippen LogP) is 3.47. The van der Waals surface area contributed by atoms with E-state index in [0.717, 1.165) is 18.4 Å². The molecular formula is C15H22N2O2. The van der Waals surface area contributed by atoms with Crippen molar-refractivity contribution in [1.82, 2.24) is 4.98 Å². The number of hydrogen-bond acceptors (Lipinski definition) is 3. The third kappa shape index (κ3) is 3.25. The van der Waals surface area contributed by atoms with Gasteiger partial charge < -0.3 is 10.4 Å². The van der Waals surface area contributed by atoms with Crippen LogP contribution in [0, 0.1) is 12.3 Å². The van der Waals surface area contributed by atoms with Gasteiger partial charge in [0.25, 0.3) is 0 Å². The highest BCUT2D eigenvalue weighted by Gasteiger charge is 2.29. The highest BCUT2D eigenvalue weighted by molar-refractivity contribution is 5.94. The molecule has 1 aromatic heterocycles. The van der Waals surface area contributed by atoms with Crippen LogP contribution in [0.3, 0.4) is 0 Å². The molecule has 1 saturated carbocycles. The summed E-state index contributed by atoms with van der Waals surface area (Å²) in [6.07, 6.45) is 6.22. The van der Waals surface area contributed by atoms with Gasteiger partial charge in [0.05, 0.1) is 0 Å². The van der Waals surface area contributed by atoms with E-state index < -0.39 is 5.97 Å². The maximum atomic E-state index is 11.3. The van der Waals surface area contributed by atoms with Crippen molar-refractivity contribution in [1.29, 1.82) is 0 Å². The molecule has 19 heavy (non-hydrogen) atoms. The molecule has 0 aromatic carbocycles. The first-order chi connectivity index (χ1) is 8.89. The molecule has 1 aliphatic carbocycles. The fraction of sp³-hybridized carbons (Fsp3) is 0.600. The second-order valence-electron chi connectivity index (χ2n) is 6.26. The zero-order chi connectivity index (χ0) is 14.0. The van der Waals surface area contributed by atoms with Crippen LogP contribution in [0.25, 0.3) is 0 Å². The lowest BCUT2D eigenvalue weighted by Gasteiger charge is -2.36. The summed E-state index contributed by atoms with van der Waals surface area (Å²) in [5.41, 5.74) is 1.37. The highest BCUT2D eigenvalue weighted by Crippen LogP contribution is 2.36. The van der Waals surface area contributed by atoms with Gasteiger partial charge in [0, 0.05) is 12.2 Å². The molecule has 4 nitrogen and oxygen atoms in total. The SMILES string of the molecule is Cc1ccnc(NC2CCCC(C)(C)C2)c1C(=O)O. The summed E-state index contributed by atoms with van der Waals surface area (Å²) in [6, 6.07) is 2.05. The lowest BCUT2D eigenvalue weighted by Crippen LogP contribution is -2.32. The van der Waals surface area contributed by atoms with E-state index in [1.54, 1.807) is 19.2 Å². The molecule has 4 heteroatoms. The summed E-state index contributed by atoms with van der Waals surface area (Å²) in [5.74, 6) is -0.404. The van der Waals surface area contributed by atoms with Crippen LogP contribution in [-0.2, 0) is 0 Å². The summed E-state index contributed by atoms with van der Waals surface area (Å²) in [5, 5.41) is 12.6. The second-order valence-corrected chi connectivity index (χ2v) is 6.26. The zero-order valence-corrected chi connectivity index (χ0v) is 11.9. The van der Waals surface area contributed by atoms with Crippen molar-refractivity contribution in [3.05, 3.63) is 23.4 Å². The van der Waals surface area contributed by atoms with Crippen molar-refractivity contribution in [2.24, 2.45) is 5.41 Å². The first kappa shape index (κ1) is 13.8. The van der Waals surface area contributed by atoms with E-state index in [1.807, 2.05) is 0 Å². The first-order valence-corrected chi connectivity index (χ1v) is 6.84. The van der Waals surface area contributed by atoms with E-state index in [-0.39, 0.29) is 0 Å². The smallest absolute Gasteiger partial charge is 0.339 e. The average Bonchev–Trinajstić information content (AvgIpc) is 2.26. The second kappa shape index (κ2) is 5.19. The van der Waals surface area contributed by atoms with Crippen LogP contribution >= 0.6 is 0 Å². The molecule has 1 aliphatic rings. The molecule has 1 fully saturated rings. The van der Waals surface area contributed by atoms with Crippen LogP contribution in [0.4, 0.5) is 5.82 Å². The molecule has 104 valence electrons. The molecule has 0 bridgehead atoms. The molecule has 0 spiro atoms. The quantitative estimate of drug-likeness (QED) is 0.875. The Bertz CT molecular complexity index is 483. The number of rotatable bonds is 3. The Morgan fingerprint density at radius 1 is 1.53 bits per heavy atom. The zero-order valence-electron chi connectivity index (χ0n) is 11.9. The molecule has 1 unspecified atom stereocenters. The predicted molar refractivity (Wildman–Crippen MR) is 75.6 cm³/mol. The average molecular weight is 262 g/mol. The monoisotopic (exact) mass is 262 g/mol. The van der Waals surface area contributed by atoms with Gasteiger partial charge in [-0.3, -0.25) is 0 Å². The number of anilines is 1. The first-order valence-electron chi connectivity index (χ1n) is 6.84. The van der Waals surface area contributed by atoms with E-state index in [1.165, 1.54) is 12.8 Å². The summed E-state index contributed by atoms with van der Waals surface area (Å²) in [4.78, 5) is 15.5. The minimum absolute atomic E-state index is 0.297. The van der Waals surface area contributed by atoms with Crippen LogP contribution in [0.1, 0.15) is 55.5 Å². The number of carboxylic acid groups (broad SMARTS) is 1. The molecule has 2 N–H and O–H groups in total. The number of carboxylic acids is 1. The molecule has 0 saturated heterocycles. The summed E-state index contributed by atoms with van der Waals surface area (Å²) in [6.45, 7) is 6.34. The Labute approximate surface area is 114 Å². The van der Waals surface area contributed by atoms with Crippen molar-refractivity contribution in [2.75, 3.05) is 5.32 Å². The van der Waals surface area contributed by atoms with Gasteiger partial charge in [-0.1, -0.05) is 20.3 Å². The number of pyridine rings is 1. The van der Waals surface area contributed by atoms with Crippen LogP contribution in [0.15, 0.2) is 12.3 Å². The minimum Gasteiger partial charge on any atom is -0.478 e. The number of nitrogens with zero attached hydrogens (tertiary/aromatic N) is 1. The summed E-state index contributed by atoms with van der Waals surface area (Å²) >= 11 is 0. The number of carbonyl (C=O) groups is 1. The van der Waals surface area contributed by atoms with E-state index in [2.05, 4.69) is 24.1 Å². The van der Waals surface area contributed by atoms with E-state index >= 15 is 0 Å². The Balaban J connectivity index is 2.19. The van der Waals surface area contributed by atoms with Gasteiger partial charge >= 0.3 is 5.97 Å². The normalized spacial score (nSPS) is 21.9. The van der Waals surface area contributed by atoms with Crippen LogP contribution < -0.4 is 5.32 Å². The van der Waals surface area contributed by atoms with Crippen LogP contribution in [0.5, 0.6) is 0 Å². The lowest BCUT2D eigenvalue weighted by molar-refractivity contribution is 0.0696. The largest absolute Gasteiger partial charge is 0.478 e. The van der Waals surface area contributed by atoms with Crippen molar-refractivity contribution in [2.45, 2.75) is 52.5 Å². The van der Waals surface area contributed by atoms with Gasteiger partial charge in [-0.25, -0.2) is 9.78 Å². The minimum atomic E-state index is -0.914. The fourth-order valence-electron chi connectivity index (χ4n) is 2.95. The van der Waals surface area contributed by atoms with Crippen molar-refractivity contribution in [3.63, 3.8) is 0 Å². The lowest BCUT2D eigenvalue weighted by atomic mass is 9.75. The molecule has 1 atom stereocenters. The maximum Gasteiger partial charge on any atom is 0.339 e. The molecule has 0 amide bonds. The molecule has 2 rings (SSSR count). The number of nitrogens with one attached hydrogen (secondary N) is 1. The standard InChI is InChI=1S/C15H22N2O2/c1-10-6-8-16-13(12(10)14(18)19)17-11-5-4-7-15(2,3)9-11/h6,8,11H,4-5,7,9H2,1-3H3,(H,16,17)(H,18,19). The van der Waals surface area contributed by atoms with E-state index in [9.17, 15) is 9.90 Å². The molecule has 1 heterocycles. The number of aryl methyl sites for hydroxylation is 1. The molecule has 1 aromatic rings. The molecule has 0 radical (unpaired) electrons. The number of aromatic nitrogens is 1. The maximum absolute atomic E-state index is 11.3. The Kier molecular flexibility index (Phi) is 3.78. The van der Waals surface area contributed by atoms with Crippen molar-refractivity contribution >= 4 is 11.8 Å². The number of hydrogen-bond donors (Lipinski definition) is 2. The van der Waals surface area contributed by atoms with Crippen LogP contribution in [-0.4, -0.2) is 22.1 Å². The van der Waals surface area contributed by atoms with Gasteiger partial charge in [-0.05, 0) is 43.2 Å². The van der Waals surface area contributed by atoms with Gasteiger partial charge in [0.1, 0.15) is 11.4 Å². The molecule has 0 aliphatic heterocycles. The van der Waals surface area contributed by atoms with E-state index in [4.69, 9.17) is 0 Å². The summed E-state index contributed by atoms with van der Waals surface area (Å²) < 4.78 is 0. The van der Waals surface area contributed by atoms with Crippen molar-refractivity contribution in [3.8, 4) is 0 Å². The third-order valence-electron chi connectivity index (χ3n) is 3.92. The Morgan fingerprint density at radius 3 is 2.89 bits per heavy atom. The van der Waals surface area contributed by atoms with Gasteiger partial charge in [-0.15, -0.1) is 0 Å². The topological polar surface area (TPSA) is 62.2 Å². The van der Waals surface area contributed by atoms with Gasteiger partial charge in [0.2, 0.25) is 0 Å².